The molecule has 0 unspecified atom stereocenters. The minimum absolute atomic E-state index is 0.0283. The molecule has 1 aromatic carbocycles. The Labute approximate surface area is 68.3 Å². The predicted molar refractivity (Wildman–Crippen MR) is 39.3 cm³/mol. The lowest BCUT2D eigenvalue weighted by Gasteiger charge is -1.98. The first kappa shape index (κ1) is 8.45. The average molecular weight is 170 g/mol. The molecule has 12 heavy (non-hydrogen) atoms. The molecular formula is C7H7FN2O2+. The summed E-state index contributed by atoms with van der Waals surface area (Å²) in [5, 5.41) is 0. The number of nitroso groups, excluding NO2 is 1. The second-order valence-corrected chi connectivity index (χ2v) is 2.06. The van der Waals surface area contributed by atoms with E-state index in [0.717, 1.165) is 6.07 Å². The summed E-state index contributed by atoms with van der Waals surface area (Å²) >= 11 is 0. The lowest BCUT2D eigenvalue weighted by Crippen LogP contribution is -2.09. The monoisotopic (exact) mass is 170 g/mol. The summed E-state index contributed by atoms with van der Waals surface area (Å²) in [5.41, 5.74) is -0.0756. The molecule has 4 nitrogen and oxygen atoms in total. The van der Waals surface area contributed by atoms with Crippen molar-refractivity contribution in [3.8, 4) is 5.75 Å². The maximum atomic E-state index is 12.8. The van der Waals surface area contributed by atoms with E-state index >= 15 is 0 Å². The molecule has 0 aromatic heterocycles. The molecule has 0 amide bonds. The van der Waals surface area contributed by atoms with Gasteiger partial charge in [0.25, 0.3) is 0 Å². The van der Waals surface area contributed by atoms with E-state index in [9.17, 15) is 9.30 Å². The van der Waals surface area contributed by atoms with Crippen LogP contribution in [0.3, 0.4) is 0 Å². The van der Waals surface area contributed by atoms with Gasteiger partial charge in [-0.3, -0.25) is 0 Å². The van der Waals surface area contributed by atoms with Crippen LogP contribution in [0.15, 0.2) is 12.1 Å². The Kier molecular flexibility index (Phi) is 2.23. The van der Waals surface area contributed by atoms with E-state index in [-0.39, 0.29) is 16.3 Å². The van der Waals surface area contributed by atoms with Crippen molar-refractivity contribution in [1.29, 1.82) is 0 Å². The van der Waals surface area contributed by atoms with Gasteiger partial charge in [0.2, 0.25) is 0 Å². The highest BCUT2D eigenvalue weighted by Gasteiger charge is 2.13. The third-order valence-electron chi connectivity index (χ3n) is 1.31. The number of hydrogen-bond donors (Lipinski definition) is 1. The summed E-state index contributed by atoms with van der Waals surface area (Å²) in [5.74, 6) is 4.20. The van der Waals surface area contributed by atoms with E-state index in [1.807, 2.05) is 0 Å². The highest BCUT2D eigenvalue weighted by atomic mass is 19.1. The molecule has 0 heterocycles. The Morgan fingerprint density at radius 3 is 2.83 bits per heavy atom. The molecule has 0 bridgehead atoms. The van der Waals surface area contributed by atoms with Gasteiger partial charge in [-0.1, -0.05) is 0 Å². The van der Waals surface area contributed by atoms with Crippen molar-refractivity contribution in [3.05, 3.63) is 28.9 Å². The van der Waals surface area contributed by atoms with E-state index in [2.05, 4.69) is 10.8 Å². The van der Waals surface area contributed by atoms with E-state index in [0.29, 0.717) is 0 Å². The van der Waals surface area contributed by atoms with Gasteiger partial charge in [0.05, 0.1) is 24.1 Å². The van der Waals surface area contributed by atoms with Crippen LogP contribution in [0.1, 0.15) is 0 Å². The zero-order valence-corrected chi connectivity index (χ0v) is 6.37. The molecule has 0 aliphatic rings. The zero-order valence-electron chi connectivity index (χ0n) is 6.37. The first-order valence-corrected chi connectivity index (χ1v) is 3.12. The fourth-order valence-electron chi connectivity index (χ4n) is 0.725. The van der Waals surface area contributed by atoms with E-state index in [1.165, 1.54) is 13.2 Å². The first-order chi connectivity index (χ1) is 5.65. The summed E-state index contributed by atoms with van der Waals surface area (Å²) < 4.78 is 17.5. The highest BCUT2D eigenvalue weighted by molar-refractivity contribution is 5.35. The molecule has 0 fully saturated rings. The largest absolute Gasteiger partial charge is 0.494 e. The lowest BCUT2D eigenvalue weighted by molar-refractivity contribution is -0.475. The van der Waals surface area contributed by atoms with Crippen LogP contribution in [0, 0.1) is 16.8 Å². The number of benzene rings is 1. The van der Waals surface area contributed by atoms with Crippen LogP contribution < -0.4 is 10.6 Å². The summed E-state index contributed by atoms with van der Waals surface area (Å²) in [6, 6.07) is 4.61. The smallest absolute Gasteiger partial charge is 0.302 e. The molecule has 0 saturated heterocycles. The Bertz CT molecular complexity index is 314. The van der Waals surface area contributed by atoms with Gasteiger partial charge in [0.1, 0.15) is 0 Å². The Balaban J connectivity index is 3.10. The quantitative estimate of drug-likeness (QED) is 0.408. The summed E-state index contributed by atoms with van der Waals surface area (Å²) in [6.07, 6.45) is 0. The fourth-order valence-corrected chi connectivity index (χ4v) is 0.725. The average Bonchev–Trinajstić information content (AvgIpc) is 2.04. The molecule has 1 radical (unpaired) electrons. The number of hydrogen-bond acceptors (Lipinski definition) is 2. The molecule has 0 aliphatic heterocycles. The van der Waals surface area contributed by atoms with Gasteiger partial charge in [-0.15, -0.1) is 0 Å². The summed E-state index contributed by atoms with van der Waals surface area (Å²) in [4.78, 5) is 10.5. The van der Waals surface area contributed by atoms with Crippen molar-refractivity contribution in [1.82, 2.24) is 0 Å². The van der Waals surface area contributed by atoms with Crippen molar-refractivity contribution in [2.45, 2.75) is 0 Å². The van der Waals surface area contributed by atoms with Gasteiger partial charge >= 0.3 is 5.69 Å². The van der Waals surface area contributed by atoms with Crippen molar-refractivity contribution in [3.63, 3.8) is 0 Å². The van der Waals surface area contributed by atoms with Crippen molar-refractivity contribution >= 4 is 5.69 Å². The van der Waals surface area contributed by atoms with Crippen LogP contribution in [0.2, 0.25) is 0 Å². The van der Waals surface area contributed by atoms with Crippen LogP contribution in [-0.2, 0) is 0 Å². The number of nitrogens with two attached hydrogens (primary N) is 1. The maximum absolute atomic E-state index is 12.8. The minimum atomic E-state index is -0.641. The van der Waals surface area contributed by atoms with Crippen molar-refractivity contribution in [2.24, 2.45) is 5.84 Å². The third kappa shape index (κ3) is 1.50. The third-order valence-corrected chi connectivity index (χ3v) is 1.31. The molecule has 0 atom stereocenters. The van der Waals surface area contributed by atoms with E-state index in [4.69, 9.17) is 5.84 Å². The van der Waals surface area contributed by atoms with Gasteiger partial charge in [-0.2, -0.15) is 5.84 Å². The second-order valence-electron chi connectivity index (χ2n) is 2.06. The van der Waals surface area contributed by atoms with Gasteiger partial charge < -0.3 is 4.74 Å². The Hall–Kier alpha value is -1.65. The number of rotatable bonds is 2. The topological polar surface area (TPSA) is 55.3 Å². The van der Waals surface area contributed by atoms with Crippen LogP contribution in [0.4, 0.5) is 10.1 Å². The molecule has 0 spiro atoms. The van der Waals surface area contributed by atoms with Crippen LogP contribution in [-0.4, -0.2) is 12.0 Å². The van der Waals surface area contributed by atoms with Crippen molar-refractivity contribution < 1.29 is 14.0 Å². The predicted octanol–water partition coefficient (Wildman–Crippen LogP) is 0.919. The molecule has 1 rings (SSSR count). The summed E-state index contributed by atoms with van der Waals surface area (Å²) in [7, 11) is 1.32. The van der Waals surface area contributed by atoms with E-state index in [1.54, 1.807) is 0 Å². The SMILES string of the molecule is COc1c[c]c([N+](N)=O)cc1F. The molecule has 1 aromatic rings. The first-order valence-electron chi connectivity index (χ1n) is 3.12. The number of nitrogens with zero attached hydrogens (tertiary/aromatic N) is 1. The van der Waals surface area contributed by atoms with Gasteiger partial charge in [0, 0.05) is 0 Å². The molecule has 0 aliphatic carbocycles. The molecular weight excluding hydrogens is 163 g/mol. The fraction of sp³-hybridized carbons (Fsp3) is 0.143. The van der Waals surface area contributed by atoms with Gasteiger partial charge in [0.15, 0.2) is 16.4 Å². The van der Waals surface area contributed by atoms with Crippen LogP contribution >= 0.6 is 0 Å². The zero-order chi connectivity index (χ0) is 9.14. The number of halogens is 1. The molecule has 2 N–H and O–H groups in total. The maximum Gasteiger partial charge on any atom is 0.302 e. The lowest BCUT2D eigenvalue weighted by atomic mass is 10.3. The number of methoxy groups -OCH3 is 1. The highest BCUT2D eigenvalue weighted by Crippen LogP contribution is 2.20. The molecule has 5 heteroatoms. The number of hydrazine groups is 1. The standard InChI is InChI=1S/C7H7FN2O2/c1-12-7-3-2-5(10(9)11)4-6(7)8/h3-4H,1H3,(H2,9,11)/q+1. The van der Waals surface area contributed by atoms with Crippen LogP contribution in [0.25, 0.3) is 0 Å². The van der Waals surface area contributed by atoms with Gasteiger partial charge in [-0.25, -0.2) is 4.39 Å². The van der Waals surface area contributed by atoms with Crippen molar-refractivity contribution in [2.75, 3.05) is 7.11 Å². The molecule has 0 saturated carbocycles. The van der Waals surface area contributed by atoms with Crippen LogP contribution in [0.5, 0.6) is 5.75 Å². The van der Waals surface area contributed by atoms with E-state index < -0.39 is 5.82 Å². The number of ether oxygens (including phenoxy) is 1. The normalized spacial score (nSPS) is 9.50. The molecule has 63 valence electrons. The Morgan fingerprint density at radius 1 is 1.75 bits per heavy atom. The minimum Gasteiger partial charge on any atom is -0.494 e. The van der Waals surface area contributed by atoms with Gasteiger partial charge in [-0.05, 0) is 6.07 Å². The second kappa shape index (κ2) is 3.17. The summed E-state index contributed by atoms with van der Waals surface area (Å²) in [6.45, 7) is 0. The Morgan fingerprint density at radius 2 is 2.42 bits per heavy atom.